The van der Waals surface area contributed by atoms with Gasteiger partial charge in [0.2, 0.25) is 5.95 Å². The molecule has 1 amide bonds. The number of aromatic amines is 1. The number of H-pyrrole nitrogens is 1. The van der Waals surface area contributed by atoms with E-state index in [1.807, 2.05) is 0 Å². The average molecular weight is 445 g/mol. The van der Waals surface area contributed by atoms with Crippen LogP contribution in [0, 0.1) is 5.82 Å². The van der Waals surface area contributed by atoms with Gasteiger partial charge in [0, 0.05) is 0 Å². The molecule has 1 aromatic heterocycles. The summed E-state index contributed by atoms with van der Waals surface area (Å²) in [5, 5.41) is 3.03. The van der Waals surface area contributed by atoms with E-state index < -0.39 is 21.7 Å². The molecule has 0 spiro atoms. The van der Waals surface area contributed by atoms with Crippen molar-refractivity contribution >= 4 is 50.2 Å². The molecule has 3 aromatic carbocycles. The van der Waals surface area contributed by atoms with E-state index in [9.17, 15) is 17.6 Å². The van der Waals surface area contributed by atoms with Crippen molar-refractivity contribution in [2.45, 2.75) is 4.90 Å². The van der Waals surface area contributed by atoms with E-state index in [0.717, 1.165) is 24.3 Å². The van der Waals surface area contributed by atoms with E-state index in [-0.39, 0.29) is 22.1 Å². The third-order valence-electron chi connectivity index (χ3n) is 4.24. The number of hydrogen-bond acceptors (Lipinski definition) is 4. The fraction of sp³-hybridized carbons (Fsp3) is 0. The molecule has 0 fully saturated rings. The van der Waals surface area contributed by atoms with E-state index in [2.05, 4.69) is 20.0 Å². The number of hydrogen-bond donors (Lipinski definition) is 3. The van der Waals surface area contributed by atoms with Crippen LogP contribution in [0.25, 0.3) is 11.0 Å². The number of aromatic nitrogens is 2. The molecule has 0 unspecified atom stereocenters. The number of nitrogens with one attached hydrogen (secondary N) is 3. The molecule has 0 bridgehead atoms. The first-order valence-corrected chi connectivity index (χ1v) is 10.5. The zero-order valence-electron chi connectivity index (χ0n) is 15.2. The molecule has 152 valence electrons. The third-order valence-corrected chi connectivity index (χ3v) is 5.92. The maximum Gasteiger partial charge on any atom is 0.261 e. The van der Waals surface area contributed by atoms with Crippen molar-refractivity contribution < 1.29 is 17.6 Å². The Hall–Kier alpha value is -3.43. The van der Waals surface area contributed by atoms with Crippen LogP contribution >= 0.6 is 11.6 Å². The first-order chi connectivity index (χ1) is 14.3. The van der Waals surface area contributed by atoms with Gasteiger partial charge in [-0.2, -0.15) is 0 Å². The highest BCUT2D eigenvalue weighted by molar-refractivity contribution is 7.92. The summed E-state index contributed by atoms with van der Waals surface area (Å²) in [4.78, 5) is 19.8. The van der Waals surface area contributed by atoms with Crippen molar-refractivity contribution in [1.82, 2.24) is 9.97 Å². The van der Waals surface area contributed by atoms with Gasteiger partial charge < -0.3 is 4.98 Å². The Balaban J connectivity index is 1.61. The predicted octanol–water partition coefficient (Wildman–Crippen LogP) is 4.41. The summed E-state index contributed by atoms with van der Waals surface area (Å²) < 4.78 is 40.7. The normalized spacial score (nSPS) is 11.4. The summed E-state index contributed by atoms with van der Waals surface area (Å²) in [6, 6.07) is 15.6. The van der Waals surface area contributed by atoms with Crippen LogP contribution in [0.5, 0.6) is 0 Å². The molecule has 30 heavy (non-hydrogen) atoms. The minimum atomic E-state index is -4.02. The number of para-hydroxylation sites is 2. The monoisotopic (exact) mass is 444 g/mol. The van der Waals surface area contributed by atoms with Gasteiger partial charge in [0.1, 0.15) is 11.3 Å². The predicted molar refractivity (Wildman–Crippen MR) is 113 cm³/mol. The second kappa shape index (κ2) is 7.77. The van der Waals surface area contributed by atoms with E-state index in [4.69, 9.17) is 11.6 Å². The lowest BCUT2D eigenvalue weighted by Gasteiger charge is -2.12. The van der Waals surface area contributed by atoms with Gasteiger partial charge in [0.05, 0.1) is 26.7 Å². The molecule has 7 nitrogen and oxygen atoms in total. The summed E-state index contributed by atoms with van der Waals surface area (Å²) in [6.45, 7) is 0. The second-order valence-corrected chi connectivity index (χ2v) is 8.37. The summed E-state index contributed by atoms with van der Waals surface area (Å²) in [6.07, 6.45) is 0. The number of imidazole rings is 1. The number of fused-ring (bicyclic) bond motifs is 1. The maximum atomic E-state index is 13.1. The van der Waals surface area contributed by atoms with Crippen molar-refractivity contribution in [2.75, 3.05) is 10.0 Å². The Bertz CT molecular complexity index is 1350. The number of carbonyl (C=O) groups excluding carboxylic acids is 1. The summed E-state index contributed by atoms with van der Waals surface area (Å²) >= 11 is 6.09. The van der Waals surface area contributed by atoms with Gasteiger partial charge in [-0.1, -0.05) is 29.8 Å². The Morgan fingerprint density at radius 2 is 1.73 bits per heavy atom. The number of nitrogens with zero attached hydrogens (tertiary/aromatic N) is 1. The molecule has 1 heterocycles. The zero-order valence-corrected chi connectivity index (χ0v) is 16.8. The molecule has 4 aromatic rings. The van der Waals surface area contributed by atoms with E-state index >= 15 is 0 Å². The highest BCUT2D eigenvalue weighted by Crippen LogP contribution is 2.24. The largest absolute Gasteiger partial charge is 0.324 e. The fourth-order valence-electron chi connectivity index (χ4n) is 2.82. The average Bonchev–Trinajstić information content (AvgIpc) is 3.12. The van der Waals surface area contributed by atoms with Crippen LogP contribution in [0.1, 0.15) is 10.4 Å². The van der Waals surface area contributed by atoms with Crippen LogP contribution < -0.4 is 10.0 Å². The molecule has 0 aliphatic carbocycles. The minimum Gasteiger partial charge on any atom is -0.324 e. The van der Waals surface area contributed by atoms with Crippen LogP contribution in [-0.4, -0.2) is 24.3 Å². The van der Waals surface area contributed by atoms with Crippen molar-refractivity contribution in [3.05, 3.63) is 83.1 Å². The Kier molecular flexibility index (Phi) is 5.15. The molecule has 10 heteroatoms. The molecule has 0 radical (unpaired) electrons. The number of carbonyl (C=O) groups is 1. The zero-order chi connectivity index (χ0) is 21.3. The Morgan fingerprint density at radius 3 is 2.47 bits per heavy atom. The summed E-state index contributed by atoms with van der Waals surface area (Å²) in [7, 11) is -4.02. The second-order valence-electron chi connectivity index (χ2n) is 6.28. The summed E-state index contributed by atoms with van der Waals surface area (Å²) in [5.74, 6) is -0.971. The standard InChI is InChI=1S/C20H14ClFN4O3S/c21-15-5-3-7-17-18(15)24-20(23-17)25-19(27)14-4-1-2-6-16(14)26-30(28,29)13-10-8-12(22)9-11-13/h1-11,26H,(H2,23,24,25,27). The lowest BCUT2D eigenvalue weighted by molar-refractivity contribution is 0.102. The molecular formula is C20H14ClFN4O3S. The Morgan fingerprint density at radius 1 is 1.00 bits per heavy atom. The number of halogens is 2. The van der Waals surface area contributed by atoms with Crippen LogP contribution in [0.15, 0.2) is 71.6 Å². The Labute approximate surface area is 176 Å². The van der Waals surface area contributed by atoms with Gasteiger partial charge >= 0.3 is 0 Å². The molecule has 0 aliphatic rings. The van der Waals surface area contributed by atoms with E-state index in [1.165, 1.54) is 12.1 Å². The number of anilines is 2. The quantitative estimate of drug-likeness (QED) is 0.424. The van der Waals surface area contributed by atoms with Gasteiger partial charge in [-0.05, 0) is 48.5 Å². The molecule has 0 aliphatic heterocycles. The van der Waals surface area contributed by atoms with E-state index in [1.54, 1.807) is 30.3 Å². The molecule has 0 saturated carbocycles. The van der Waals surface area contributed by atoms with Gasteiger partial charge in [0.25, 0.3) is 15.9 Å². The van der Waals surface area contributed by atoms with Crippen molar-refractivity contribution in [3.63, 3.8) is 0 Å². The molecular weight excluding hydrogens is 431 g/mol. The highest BCUT2D eigenvalue weighted by Gasteiger charge is 2.19. The lowest BCUT2D eigenvalue weighted by Crippen LogP contribution is -2.19. The number of rotatable bonds is 5. The van der Waals surface area contributed by atoms with Crippen LogP contribution in [0.3, 0.4) is 0 Å². The first kappa shape index (κ1) is 19.9. The van der Waals surface area contributed by atoms with Gasteiger partial charge in [-0.15, -0.1) is 0 Å². The van der Waals surface area contributed by atoms with Gasteiger partial charge in [-0.25, -0.2) is 17.8 Å². The smallest absolute Gasteiger partial charge is 0.261 e. The lowest BCUT2D eigenvalue weighted by atomic mass is 10.2. The van der Waals surface area contributed by atoms with Crippen molar-refractivity contribution in [3.8, 4) is 0 Å². The maximum absolute atomic E-state index is 13.1. The topological polar surface area (TPSA) is 104 Å². The van der Waals surface area contributed by atoms with E-state index in [0.29, 0.717) is 16.1 Å². The molecule has 0 saturated heterocycles. The first-order valence-electron chi connectivity index (χ1n) is 8.66. The van der Waals surface area contributed by atoms with Gasteiger partial charge in [0.15, 0.2) is 0 Å². The minimum absolute atomic E-state index is 0.0634. The number of sulfonamides is 1. The molecule has 3 N–H and O–H groups in total. The van der Waals surface area contributed by atoms with Crippen LogP contribution in [-0.2, 0) is 10.0 Å². The van der Waals surface area contributed by atoms with Crippen molar-refractivity contribution in [2.24, 2.45) is 0 Å². The highest BCUT2D eigenvalue weighted by atomic mass is 35.5. The summed E-state index contributed by atoms with van der Waals surface area (Å²) in [5.41, 5.74) is 1.28. The van der Waals surface area contributed by atoms with Crippen molar-refractivity contribution in [1.29, 1.82) is 0 Å². The number of benzene rings is 3. The van der Waals surface area contributed by atoms with Gasteiger partial charge in [-0.3, -0.25) is 14.8 Å². The molecule has 4 rings (SSSR count). The van der Waals surface area contributed by atoms with Crippen LogP contribution in [0.4, 0.5) is 16.0 Å². The third kappa shape index (κ3) is 3.98. The van der Waals surface area contributed by atoms with Crippen LogP contribution in [0.2, 0.25) is 5.02 Å². The molecule has 0 atom stereocenters. The fourth-order valence-corrected chi connectivity index (χ4v) is 4.12. The SMILES string of the molecule is O=C(Nc1nc2c(Cl)cccc2[nH]1)c1ccccc1NS(=O)(=O)c1ccc(F)cc1. The number of amides is 1.